The number of carbonyl (C=O) groups is 2. The van der Waals surface area contributed by atoms with Gasteiger partial charge < -0.3 is 10.6 Å². The molecule has 2 N–H and O–H groups in total. The van der Waals surface area contributed by atoms with Crippen LogP contribution in [0.1, 0.15) is 16.7 Å². The van der Waals surface area contributed by atoms with Crippen LogP contribution in [0.4, 0.5) is 5.69 Å². The fourth-order valence-corrected chi connectivity index (χ4v) is 3.58. The topological polar surface area (TPSA) is 64.7 Å². The first-order chi connectivity index (χ1) is 14.0. The van der Waals surface area contributed by atoms with Crippen molar-refractivity contribution in [3.63, 3.8) is 0 Å². The Morgan fingerprint density at radius 2 is 1.45 bits per heavy atom. The maximum absolute atomic E-state index is 12.2. The second-order valence-corrected chi connectivity index (χ2v) is 7.63. The van der Waals surface area contributed by atoms with E-state index in [1.165, 1.54) is 5.56 Å². The SMILES string of the molecule is Cc1cccc(C)c1NC(=O)CNC(=O)CN1CCN(Cc2ccccc2)CC1. The molecule has 154 valence electrons. The minimum Gasteiger partial charge on any atom is -0.346 e. The van der Waals surface area contributed by atoms with Gasteiger partial charge in [0.2, 0.25) is 11.8 Å². The zero-order chi connectivity index (χ0) is 20.6. The predicted octanol–water partition coefficient (Wildman–Crippen LogP) is 2.18. The lowest BCUT2D eigenvalue weighted by atomic mass is 10.1. The van der Waals surface area contributed by atoms with Crippen molar-refractivity contribution in [1.82, 2.24) is 15.1 Å². The van der Waals surface area contributed by atoms with Crippen LogP contribution in [0.2, 0.25) is 0 Å². The van der Waals surface area contributed by atoms with E-state index in [1.54, 1.807) is 0 Å². The van der Waals surface area contributed by atoms with E-state index in [0.29, 0.717) is 6.54 Å². The van der Waals surface area contributed by atoms with E-state index in [1.807, 2.05) is 38.1 Å². The number of nitrogens with one attached hydrogen (secondary N) is 2. The Morgan fingerprint density at radius 1 is 0.828 bits per heavy atom. The smallest absolute Gasteiger partial charge is 0.243 e. The summed E-state index contributed by atoms with van der Waals surface area (Å²) in [6.07, 6.45) is 0. The summed E-state index contributed by atoms with van der Waals surface area (Å²) in [4.78, 5) is 29.0. The molecule has 1 aliphatic heterocycles. The second-order valence-electron chi connectivity index (χ2n) is 7.63. The van der Waals surface area contributed by atoms with Crippen LogP contribution in [-0.2, 0) is 16.1 Å². The van der Waals surface area contributed by atoms with Crippen molar-refractivity contribution in [1.29, 1.82) is 0 Å². The van der Waals surface area contributed by atoms with Crippen LogP contribution in [0.15, 0.2) is 48.5 Å². The largest absolute Gasteiger partial charge is 0.346 e. The van der Waals surface area contributed by atoms with Crippen molar-refractivity contribution < 1.29 is 9.59 Å². The maximum atomic E-state index is 12.2. The van der Waals surface area contributed by atoms with Gasteiger partial charge in [0.1, 0.15) is 0 Å². The first kappa shape index (κ1) is 21.0. The Bertz CT molecular complexity index is 810. The van der Waals surface area contributed by atoms with Gasteiger partial charge in [-0.2, -0.15) is 0 Å². The Morgan fingerprint density at radius 3 is 2.10 bits per heavy atom. The number of hydrogen-bond acceptors (Lipinski definition) is 4. The van der Waals surface area contributed by atoms with Gasteiger partial charge in [-0.25, -0.2) is 0 Å². The highest BCUT2D eigenvalue weighted by atomic mass is 16.2. The van der Waals surface area contributed by atoms with E-state index in [9.17, 15) is 9.59 Å². The number of rotatable bonds is 7. The summed E-state index contributed by atoms with van der Waals surface area (Å²) >= 11 is 0. The fraction of sp³-hybridized carbons (Fsp3) is 0.391. The van der Waals surface area contributed by atoms with Crippen LogP contribution >= 0.6 is 0 Å². The van der Waals surface area contributed by atoms with Gasteiger partial charge in [-0.15, -0.1) is 0 Å². The summed E-state index contributed by atoms with van der Waals surface area (Å²) in [6, 6.07) is 16.3. The number of hydrogen-bond donors (Lipinski definition) is 2. The van der Waals surface area contributed by atoms with Crippen LogP contribution in [0, 0.1) is 13.8 Å². The van der Waals surface area contributed by atoms with Gasteiger partial charge in [-0.3, -0.25) is 19.4 Å². The molecule has 0 aliphatic carbocycles. The lowest BCUT2D eigenvalue weighted by molar-refractivity contribution is -0.125. The first-order valence-electron chi connectivity index (χ1n) is 10.1. The van der Waals surface area contributed by atoms with Gasteiger partial charge in [-0.05, 0) is 30.5 Å². The number of amides is 2. The monoisotopic (exact) mass is 394 g/mol. The molecule has 3 rings (SSSR count). The Hall–Kier alpha value is -2.70. The number of piperazine rings is 1. The summed E-state index contributed by atoms with van der Waals surface area (Å²) in [5.74, 6) is -0.318. The van der Waals surface area contributed by atoms with Crippen molar-refractivity contribution in [3.8, 4) is 0 Å². The van der Waals surface area contributed by atoms with Crippen molar-refractivity contribution in [2.24, 2.45) is 0 Å². The van der Waals surface area contributed by atoms with E-state index in [0.717, 1.165) is 49.5 Å². The highest BCUT2D eigenvalue weighted by Crippen LogP contribution is 2.19. The van der Waals surface area contributed by atoms with E-state index in [-0.39, 0.29) is 18.4 Å². The number of benzene rings is 2. The van der Waals surface area contributed by atoms with Gasteiger partial charge in [0, 0.05) is 38.4 Å². The average Bonchev–Trinajstić information content (AvgIpc) is 2.72. The molecule has 1 aliphatic rings. The molecule has 1 heterocycles. The number of nitrogens with zero attached hydrogens (tertiary/aromatic N) is 2. The summed E-state index contributed by atoms with van der Waals surface area (Å²) in [7, 11) is 0. The van der Waals surface area contributed by atoms with Gasteiger partial charge in [0.25, 0.3) is 0 Å². The molecular formula is C23H30N4O2. The van der Waals surface area contributed by atoms with Crippen molar-refractivity contribution in [2.45, 2.75) is 20.4 Å². The Balaban J connectivity index is 1.36. The third-order valence-electron chi connectivity index (χ3n) is 5.27. The summed E-state index contributed by atoms with van der Waals surface area (Å²) < 4.78 is 0. The minimum absolute atomic E-state index is 0.0133. The van der Waals surface area contributed by atoms with Crippen molar-refractivity contribution >= 4 is 17.5 Å². The maximum Gasteiger partial charge on any atom is 0.243 e. The third-order valence-corrected chi connectivity index (χ3v) is 5.27. The van der Waals surface area contributed by atoms with Gasteiger partial charge >= 0.3 is 0 Å². The van der Waals surface area contributed by atoms with Gasteiger partial charge in [-0.1, -0.05) is 48.5 Å². The standard InChI is InChI=1S/C23H30N4O2/c1-18-7-6-8-19(2)23(18)25-21(28)15-24-22(29)17-27-13-11-26(12-14-27)16-20-9-4-3-5-10-20/h3-10H,11-17H2,1-2H3,(H,24,29)(H,25,28). The van der Waals surface area contributed by atoms with E-state index in [2.05, 4.69) is 44.7 Å². The molecule has 0 spiro atoms. The molecule has 2 aromatic rings. The zero-order valence-corrected chi connectivity index (χ0v) is 17.3. The lowest BCUT2D eigenvalue weighted by Gasteiger charge is -2.34. The van der Waals surface area contributed by atoms with E-state index in [4.69, 9.17) is 0 Å². The van der Waals surface area contributed by atoms with Crippen LogP contribution in [-0.4, -0.2) is 60.9 Å². The number of anilines is 1. The molecule has 0 atom stereocenters. The van der Waals surface area contributed by atoms with Crippen LogP contribution in [0.5, 0.6) is 0 Å². The average molecular weight is 395 g/mol. The number of para-hydroxylation sites is 1. The molecule has 0 saturated carbocycles. The molecule has 0 unspecified atom stereocenters. The third kappa shape index (κ3) is 6.41. The van der Waals surface area contributed by atoms with Crippen LogP contribution in [0.25, 0.3) is 0 Å². The van der Waals surface area contributed by atoms with Gasteiger partial charge in [0.15, 0.2) is 0 Å². The summed E-state index contributed by atoms with van der Waals surface area (Å²) in [6.45, 7) is 8.77. The Labute approximate surface area is 172 Å². The molecule has 2 amide bonds. The first-order valence-corrected chi connectivity index (χ1v) is 10.1. The molecule has 0 bridgehead atoms. The molecule has 6 heteroatoms. The van der Waals surface area contributed by atoms with Crippen molar-refractivity contribution in [3.05, 3.63) is 65.2 Å². The molecule has 0 aromatic heterocycles. The van der Waals surface area contributed by atoms with Crippen LogP contribution < -0.4 is 10.6 Å². The molecule has 6 nitrogen and oxygen atoms in total. The van der Waals surface area contributed by atoms with Gasteiger partial charge in [0.05, 0.1) is 13.1 Å². The van der Waals surface area contributed by atoms with Crippen LogP contribution in [0.3, 0.4) is 0 Å². The van der Waals surface area contributed by atoms with E-state index < -0.39 is 0 Å². The molecule has 1 fully saturated rings. The lowest BCUT2D eigenvalue weighted by Crippen LogP contribution is -2.49. The minimum atomic E-state index is -0.205. The molecular weight excluding hydrogens is 364 g/mol. The zero-order valence-electron chi connectivity index (χ0n) is 17.3. The normalized spacial score (nSPS) is 15.1. The molecule has 2 aromatic carbocycles. The summed E-state index contributed by atoms with van der Waals surface area (Å²) in [5, 5.41) is 5.63. The fourth-order valence-electron chi connectivity index (χ4n) is 3.58. The number of carbonyl (C=O) groups excluding carboxylic acids is 2. The highest BCUT2D eigenvalue weighted by Gasteiger charge is 2.19. The number of aryl methyl sites for hydroxylation is 2. The molecule has 1 saturated heterocycles. The Kier molecular flexibility index (Phi) is 7.38. The predicted molar refractivity (Wildman–Crippen MR) is 116 cm³/mol. The highest BCUT2D eigenvalue weighted by molar-refractivity contribution is 5.95. The van der Waals surface area contributed by atoms with Crippen molar-refractivity contribution in [2.75, 3.05) is 44.6 Å². The second kappa shape index (κ2) is 10.2. The molecule has 0 radical (unpaired) electrons. The molecule has 29 heavy (non-hydrogen) atoms. The quantitative estimate of drug-likeness (QED) is 0.756. The summed E-state index contributed by atoms with van der Waals surface area (Å²) in [5.41, 5.74) is 4.16. The van der Waals surface area contributed by atoms with E-state index >= 15 is 0 Å².